The highest BCUT2D eigenvalue weighted by molar-refractivity contribution is 5.96. The Morgan fingerprint density at radius 3 is 2.33 bits per heavy atom. The molecule has 186 valence electrons. The van der Waals surface area contributed by atoms with Crippen LogP contribution in [0.15, 0.2) is 72.8 Å². The first-order valence-electron chi connectivity index (χ1n) is 12.3. The quantitative estimate of drug-likeness (QED) is 0.592. The Balaban J connectivity index is 1.27. The van der Waals surface area contributed by atoms with Gasteiger partial charge >= 0.3 is 0 Å². The Morgan fingerprint density at radius 2 is 1.58 bits per heavy atom. The molecule has 36 heavy (non-hydrogen) atoms. The van der Waals surface area contributed by atoms with Gasteiger partial charge in [-0.25, -0.2) is 0 Å². The SMILES string of the molecule is Cc1ccc(C)c(NC(=O)[C@H](c2ccccc2)N2CCN(C(=O)[C@H]3COc4ccccc4O3)CC2)c1. The van der Waals surface area contributed by atoms with Crippen LogP contribution in [0.4, 0.5) is 5.69 Å². The number of benzene rings is 3. The van der Waals surface area contributed by atoms with Crippen LogP contribution in [-0.4, -0.2) is 60.5 Å². The monoisotopic (exact) mass is 485 g/mol. The number of ether oxygens (including phenoxy) is 2. The second-order valence-electron chi connectivity index (χ2n) is 9.35. The second kappa shape index (κ2) is 10.4. The molecule has 0 bridgehead atoms. The van der Waals surface area contributed by atoms with Crippen LogP contribution in [0.3, 0.4) is 0 Å². The summed E-state index contributed by atoms with van der Waals surface area (Å²) in [6.07, 6.45) is -0.663. The van der Waals surface area contributed by atoms with Crippen molar-refractivity contribution in [2.45, 2.75) is 26.0 Å². The van der Waals surface area contributed by atoms with E-state index in [0.29, 0.717) is 37.7 Å². The Bertz CT molecular complexity index is 1240. The molecule has 3 aromatic rings. The van der Waals surface area contributed by atoms with Gasteiger partial charge in [-0.3, -0.25) is 14.5 Å². The minimum Gasteiger partial charge on any atom is -0.485 e. The lowest BCUT2D eigenvalue weighted by Crippen LogP contribution is -2.55. The number of fused-ring (bicyclic) bond motifs is 1. The largest absolute Gasteiger partial charge is 0.485 e. The molecule has 0 aliphatic carbocycles. The van der Waals surface area contributed by atoms with Gasteiger partial charge in [-0.15, -0.1) is 0 Å². The number of carbonyl (C=O) groups is 2. The van der Waals surface area contributed by atoms with Crippen molar-refractivity contribution in [1.82, 2.24) is 9.80 Å². The van der Waals surface area contributed by atoms with Crippen LogP contribution in [0, 0.1) is 13.8 Å². The van der Waals surface area contributed by atoms with Crippen molar-refractivity contribution in [2.24, 2.45) is 0 Å². The van der Waals surface area contributed by atoms with Gasteiger partial charge in [-0.05, 0) is 48.7 Å². The smallest absolute Gasteiger partial charge is 0.267 e. The lowest BCUT2D eigenvalue weighted by atomic mass is 10.0. The molecule has 1 fully saturated rings. The van der Waals surface area contributed by atoms with Crippen molar-refractivity contribution in [3.63, 3.8) is 0 Å². The zero-order valence-electron chi connectivity index (χ0n) is 20.6. The summed E-state index contributed by atoms with van der Waals surface area (Å²) in [7, 11) is 0. The highest BCUT2D eigenvalue weighted by Crippen LogP contribution is 2.32. The Labute approximate surface area is 211 Å². The van der Waals surface area contributed by atoms with Gasteiger partial charge in [-0.2, -0.15) is 0 Å². The van der Waals surface area contributed by atoms with Crippen molar-refractivity contribution in [3.05, 3.63) is 89.5 Å². The van der Waals surface area contributed by atoms with E-state index in [1.807, 2.05) is 91.5 Å². The first-order valence-corrected chi connectivity index (χ1v) is 12.3. The molecule has 2 aliphatic heterocycles. The Hall–Kier alpha value is -3.84. The van der Waals surface area contributed by atoms with Crippen LogP contribution >= 0.6 is 0 Å². The normalized spacial score (nSPS) is 18.4. The number of hydrogen-bond donors (Lipinski definition) is 1. The van der Waals surface area contributed by atoms with E-state index in [0.717, 1.165) is 22.4 Å². The number of rotatable bonds is 5. The molecular formula is C29H31N3O4. The van der Waals surface area contributed by atoms with E-state index in [2.05, 4.69) is 10.2 Å². The molecule has 7 heteroatoms. The molecule has 0 saturated carbocycles. The number of nitrogens with zero attached hydrogens (tertiary/aromatic N) is 2. The maximum atomic E-state index is 13.6. The van der Waals surface area contributed by atoms with E-state index < -0.39 is 12.1 Å². The van der Waals surface area contributed by atoms with Crippen LogP contribution in [0.1, 0.15) is 22.7 Å². The van der Waals surface area contributed by atoms with Crippen LogP contribution in [0.2, 0.25) is 0 Å². The van der Waals surface area contributed by atoms with Crippen molar-refractivity contribution >= 4 is 17.5 Å². The van der Waals surface area contributed by atoms with Crippen molar-refractivity contribution < 1.29 is 19.1 Å². The second-order valence-corrected chi connectivity index (χ2v) is 9.35. The molecule has 7 nitrogen and oxygen atoms in total. The standard InChI is InChI=1S/C29H31N3O4/c1-20-12-13-21(2)23(18-20)30-28(33)27(22-8-4-3-5-9-22)31-14-16-32(17-15-31)29(34)26-19-35-24-10-6-7-11-25(24)36-26/h3-13,18,26-27H,14-17,19H2,1-2H3,(H,30,33)/t26-,27+/m1/s1. The predicted octanol–water partition coefficient (Wildman–Crippen LogP) is 3.97. The number of nitrogens with one attached hydrogen (secondary N) is 1. The lowest BCUT2D eigenvalue weighted by Gasteiger charge is -2.40. The minimum atomic E-state index is -0.663. The van der Waals surface area contributed by atoms with Gasteiger partial charge in [0.05, 0.1) is 0 Å². The third kappa shape index (κ3) is 5.06. The fourth-order valence-electron chi connectivity index (χ4n) is 4.78. The summed E-state index contributed by atoms with van der Waals surface area (Å²) in [5.74, 6) is 1.09. The van der Waals surface area contributed by atoms with Gasteiger partial charge in [0.25, 0.3) is 5.91 Å². The molecule has 2 amide bonds. The molecule has 2 heterocycles. The molecule has 0 unspecified atom stereocenters. The Kier molecular flexibility index (Phi) is 6.91. The Morgan fingerprint density at radius 1 is 0.889 bits per heavy atom. The van der Waals surface area contributed by atoms with Gasteiger partial charge in [0.2, 0.25) is 12.0 Å². The number of amides is 2. The van der Waals surface area contributed by atoms with Crippen molar-refractivity contribution in [3.8, 4) is 11.5 Å². The fourth-order valence-corrected chi connectivity index (χ4v) is 4.78. The number of piperazine rings is 1. The highest BCUT2D eigenvalue weighted by atomic mass is 16.6. The molecule has 0 radical (unpaired) electrons. The summed E-state index contributed by atoms with van der Waals surface area (Å²) in [6.45, 7) is 6.39. The number of aryl methyl sites for hydroxylation is 2. The topological polar surface area (TPSA) is 71.1 Å². The average molecular weight is 486 g/mol. The third-order valence-electron chi connectivity index (χ3n) is 6.79. The molecule has 5 rings (SSSR count). The lowest BCUT2D eigenvalue weighted by molar-refractivity contribution is -0.143. The molecule has 1 N–H and O–H groups in total. The van der Waals surface area contributed by atoms with E-state index in [1.165, 1.54) is 0 Å². The van der Waals surface area contributed by atoms with E-state index in [9.17, 15) is 9.59 Å². The van der Waals surface area contributed by atoms with Gasteiger partial charge in [0.1, 0.15) is 12.6 Å². The molecule has 3 aromatic carbocycles. The summed E-state index contributed by atoms with van der Waals surface area (Å²) in [4.78, 5) is 30.7. The van der Waals surface area contributed by atoms with Gasteiger partial charge in [0, 0.05) is 31.9 Å². The number of anilines is 1. The fraction of sp³-hybridized carbons (Fsp3) is 0.310. The third-order valence-corrected chi connectivity index (χ3v) is 6.79. The van der Waals surface area contributed by atoms with Crippen LogP contribution in [0.5, 0.6) is 11.5 Å². The van der Waals surface area contributed by atoms with Crippen molar-refractivity contribution in [1.29, 1.82) is 0 Å². The van der Waals surface area contributed by atoms with Crippen molar-refractivity contribution in [2.75, 3.05) is 38.1 Å². The minimum absolute atomic E-state index is 0.0738. The molecule has 2 atom stereocenters. The highest BCUT2D eigenvalue weighted by Gasteiger charge is 2.36. The summed E-state index contributed by atoms with van der Waals surface area (Å²) < 4.78 is 11.7. The van der Waals surface area contributed by atoms with Gasteiger partial charge in [0.15, 0.2) is 11.5 Å². The molecule has 0 spiro atoms. The summed E-state index contributed by atoms with van der Waals surface area (Å²) in [6, 6.07) is 22.8. The zero-order chi connectivity index (χ0) is 25.1. The number of para-hydroxylation sites is 2. The maximum Gasteiger partial charge on any atom is 0.267 e. The van der Waals surface area contributed by atoms with Crippen LogP contribution in [0.25, 0.3) is 0 Å². The molecule has 1 saturated heterocycles. The van der Waals surface area contributed by atoms with Crippen LogP contribution in [-0.2, 0) is 9.59 Å². The van der Waals surface area contributed by atoms with Crippen LogP contribution < -0.4 is 14.8 Å². The summed E-state index contributed by atoms with van der Waals surface area (Å²) >= 11 is 0. The molecule has 2 aliphatic rings. The number of carbonyl (C=O) groups excluding carboxylic acids is 2. The average Bonchev–Trinajstić information content (AvgIpc) is 2.91. The zero-order valence-corrected chi connectivity index (χ0v) is 20.6. The van der Waals surface area contributed by atoms with E-state index in [-0.39, 0.29) is 18.4 Å². The first kappa shape index (κ1) is 23.9. The molecule has 0 aromatic heterocycles. The molecular weight excluding hydrogens is 454 g/mol. The summed E-state index contributed by atoms with van der Waals surface area (Å²) in [5.41, 5.74) is 3.87. The van der Waals surface area contributed by atoms with E-state index in [1.54, 1.807) is 0 Å². The first-order chi connectivity index (χ1) is 17.5. The van der Waals surface area contributed by atoms with Gasteiger partial charge < -0.3 is 19.7 Å². The maximum absolute atomic E-state index is 13.6. The van der Waals surface area contributed by atoms with Gasteiger partial charge in [-0.1, -0.05) is 54.6 Å². The van der Waals surface area contributed by atoms with E-state index >= 15 is 0 Å². The van der Waals surface area contributed by atoms with E-state index in [4.69, 9.17) is 9.47 Å². The number of hydrogen-bond acceptors (Lipinski definition) is 5. The predicted molar refractivity (Wildman–Crippen MR) is 138 cm³/mol. The summed E-state index contributed by atoms with van der Waals surface area (Å²) in [5, 5.41) is 3.14.